The van der Waals surface area contributed by atoms with Crippen LogP contribution in [0.25, 0.3) is 0 Å². The van der Waals surface area contributed by atoms with E-state index in [-0.39, 0.29) is 11.9 Å². The molecule has 3 fully saturated rings. The second-order valence-electron chi connectivity index (χ2n) is 7.34. The average Bonchev–Trinajstić information content (AvgIpc) is 2.52. The van der Waals surface area contributed by atoms with E-state index in [9.17, 15) is 4.79 Å². The molecule has 2 bridgehead atoms. The highest BCUT2D eigenvalue weighted by Gasteiger charge is 2.50. The van der Waals surface area contributed by atoms with Crippen LogP contribution in [0.2, 0.25) is 0 Å². The van der Waals surface area contributed by atoms with Crippen molar-refractivity contribution in [1.82, 2.24) is 0 Å². The number of rotatable bonds is 4. The van der Waals surface area contributed by atoms with Crippen LogP contribution in [-0.4, -0.2) is 36.1 Å². The van der Waals surface area contributed by atoms with Crippen LogP contribution in [0.1, 0.15) is 43.7 Å². The molecule has 0 radical (unpaired) electrons. The van der Waals surface area contributed by atoms with Crippen molar-refractivity contribution in [2.75, 3.05) is 25.0 Å². The lowest BCUT2D eigenvalue weighted by Crippen LogP contribution is -2.67. The highest BCUT2D eigenvalue weighted by Crippen LogP contribution is 2.39. The first kappa shape index (κ1) is 15.5. The summed E-state index contributed by atoms with van der Waals surface area (Å²) in [7, 11) is 0. The largest absolute Gasteiger partial charge is 0.320 e. The maximum Gasteiger partial charge on any atom is 0.282 e. The molecule has 0 aliphatic carbocycles. The van der Waals surface area contributed by atoms with Gasteiger partial charge in [-0.1, -0.05) is 25.1 Å². The summed E-state index contributed by atoms with van der Waals surface area (Å²) in [5.74, 6) is 1.01. The van der Waals surface area contributed by atoms with E-state index in [2.05, 4.69) is 44.3 Å². The lowest BCUT2D eigenvalue weighted by atomic mass is 9.80. The molecule has 3 heteroatoms. The molecule has 0 aromatic heterocycles. The third-order valence-corrected chi connectivity index (χ3v) is 5.88. The van der Waals surface area contributed by atoms with E-state index in [0.29, 0.717) is 0 Å². The Morgan fingerprint density at radius 2 is 1.86 bits per heavy atom. The van der Waals surface area contributed by atoms with Crippen molar-refractivity contribution in [3.05, 3.63) is 29.3 Å². The third-order valence-electron chi connectivity index (χ3n) is 5.88. The number of carbonyl (C=O) groups excluding carboxylic acids is 1. The number of fused-ring (bicyclic) bond motifs is 3. The molecule has 3 nitrogen and oxygen atoms in total. The normalized spacial score (nSPS) is 30.3. The molecule has 1 aromatic rings. The number of para-hydroxylation sites is 1. The van der Waals surface area contributed by atoms with Crippen LogP contribution in [0.15, 0.2) is 18.2 Å². The number of nitrogens with zero attached hydrogens (tertiary/aromatic N) is 1. The Hall–Kier alpha value is -1.35. The predicted octanol–water partition coefficient (Wildman–Crippen LogP) is 3.65. The lowest BCUT2D eigenvalue weighted by molar-refractivity contribution is -0.957. The number of piperidine rings is 3. The molecule has 0 saturated carbocycles. The van der Waals surface area contributed by atoms with Gasteiger partial charge in [0.25, 0.3) is 5.91 Å². The molecule has 3 aliphatic heterocycles. The Balaban J connectivity index is 1.82. The number of hydrogen-bond acceptors (Lipinski definition) is 1. The van der Waals surface area contributed by atoms with Gasteiger partial charge in [-0.15, -0.1) is 0 Å². The van der Waals surface area contributed by atoms with Gasteiger partial charge in [-0.2, -0.15) is 0 Å². The lowest BCUT2D eigenvalue weighted by Gasteiger charge is -2.53. The van der Waals surface area contributed by atoms with Crippen LogP contribution in [0.3, 0.4) is 0 Å². The summed E-state index contributed by atoms with van der Waals surface area (Å²) in [5, 5.41) is 3.26. The third kappa shape index (κ3) is 2.67. The zero-order chi connectivity index (χ0) is 15.7. The summed E-state index contributed by atoms with van der Waals surface area (Å²) in [6.45, 7) is 9.94. The van der Waals surface area contributed by atoms with Crippen LogP contribution in [0.4, 0.5) is 5.69 Å². The van der Waals surface area contributed by atoms with Crippen molar-refractivity contribution in [2.24, 2.45) is 5.92 Å². The first-order valence-corrected chi connectivity index (χ1v) is 8.78. The zero-order valence-electron chi connectivity index (χ0n) is 14.2. The molecule has 1 atom stereocenters. The van der Waals surface area contributed by atoms with Gasteiger partial charge in [-0.05, 0) is 50.2 Å². The Bertz CT molecular complexity index is 533. The first-order valence-electron chi connectivity index (χ1n) is 8.78. The quantitative estimate of drug-likeness (QED) is 0.845. The number of amides is 1. The molecule has 3 aliphatic rings. The van der Waals surface area contributed by atoms with Crippen LogP contribution >= 0.6 is 0 Å². The minimum absolute atomic E-state index is 0.159. The maximum absolute atomic E-state index is 13.0. The number of hydrogen-bond donors (Lipinski definition) is 1. The van der Waals surface area contributed by atoms with Crippen LogP contribution in [0.5, 0.6) is 0 Å². The Morgan fingerprint density at radius 1 is 1.23 bits per heavy atom. The fourth-order valence-corrected chi connectivity index (χ4v) is 4.62. The van der Waals surface area contributed by atoms with Gasteiger partial charge in [-0.3, -0.25) is 4.79 Å². The standard InChI is InChI=1S/C19H28N2O/c1-4-10-21-11-8-16(9-12-21)13-17(21)19(22)20-18-14(2)6-5-7-15(18)3/h5-7,16-17H,4,8-13H2,1-3H3/p+1. The molecule has 120 valence electrons. The van der Waals surface area contributed by atoms with Gasteiger partial charge in [-0.25, -0.2) is 0 Å². The number of carbonyl (C=O) groups is 1. The number of aryl methyl sites for hydroxylation is 2. The first-order chi connectivity index (χ1) is 10.6. The number of quaternary nitrogens is 1. The van der Waals surface area contributed by atoms with Crippen LogP contribution < -0.4 is 5.32 Å². The van der Waals surface area contributed by atoms with E-state index >= 15 is 0 Å². The molecule has 0 spiro atoms. The predicted molar refractivity (Wildman–Crippen MR) is 90.8 cm³/mol. The van der Waals surface area contributed by atoms with Crippen molar-refractivity contribution in [3.63, 3.8) is 0 Å². The van der Waals surface area contributed by atoms with Gasteiger partial charge in [0, 0.05) is 12.1 Å². The summed E-state index contributed by atoms with van der Waals surface area (Å²) in [5.41, 5.74) is 3.34. The van der Waals surface area contributed by atoms with E-state index in [1.165, 1.54) is 25.9 Å². The van der Waals surface area contributed by atoms with Crippen molar-refractivity contribution < 1.29 is 9.28 Å². The summed E-state index contributed by atoms with van der Waals surface area (Å²) in [6, 6.07) is 6.36. The molecule has 1 unspecified atom stereocenters. The smallest absolute Gasteiger partial charge is 0.282 e. The summed E-state index contributed by atoms with van der Waals surface area (Å²) in [6.07, 6.45) is 4.87. The van der Waals surface area contributed by atoms with Gasteiger partial charge in [0.15, 0.2) is 6.04 Å². The molecular weight excluding hydrogens is 272 g/mol. The minimum Gasteiger partial charge on any atom is -0.320 e. The van der Waals surface area contributed by atoms with Gasteiger partial charge in [0.05, 0.1) is 19.6 Å². The van der Waals surface area contributed by atoms with Crippen molar-refractivity contribution in [3.8, 4) is 0 Å². The zero-order valence-corrected chi connectivity index (χ0v) is 14.2. The monoisotopic (exact) mass is 301 g/mol. The fraction of sp³-hybridized carbons (Fsp3) is 0.632. The van der Waals surface area contributed by atoms with Gasteiger partial charge >= 0.3 is 0 Å². The SMILES string of the molecule is CCC[N+]12CCC(CC1)CC2C(=O)Nc1c(C)cccc1C. The topological polar surface area (TPSA) is 29.1 Å². The molecule has 1 aromatic carbocycles. The van der Waals surface area contributed by atoms with Crippen molar-refractivity contribution >= 4 is 11.6 Å². The Labute approximate surface area is 134 Å². The average molecular weight is 301 g/mol. The second kappa shape index (κ2) is 6.04. The molecule has 22 heavy (non-hydrogen) atoms. The summed E-state index contributed by atoms with van der Waals surface area (Å²) >= 11 is 0. The molecule has 4 rings (SSSR count). The highest BCUT2D eigenvalue weighted by molar-refractivity contribution is 5.95. The summed E-state index contributed by atoms with van der Waals surface area (Å²) < 4.78 is 1.03. The molecule has 1 amide bonds. The van der Waals surface area contributed by atoms with Crippen LogP contribution in [0, 0.1) is 19.8 Å². The van der Waals surface area contributed by atoms with E-state index < -0.39 is 0 Å². The van der Waals surface area contributed by atoms with Gasteiger partial charge in [0.1, 0.15) is 0 Å². The fourth-order valence-electron chi connectivity index (χ4n) is 4.62. The van der Waals surface area contributed by atoms with Crippen molar-refractivity contribution in [1.29, 1.82) is 0 Å². The van der Waals surface area contributed by atoms with E-state index in [1.807, 2.05) is 0 Å². The molecule has 3 saturated heterocycles. The van der Waals surface area contributed by atoms with E-state index in [4.69, 9.17) is 0 Å². The molecule has 1 N–H and O–H groups in total. The summed E-state index contributed by atoms with van der Waals surface area (Å²) in [4.78, 5) is 13.0. The maximum atomic E-state index is 13.0. The van der Waals surface area contributed by atoms with E-state index in [0.717, 1.165) is 46.6 Å². The second-order valence-corrected chi connectivity index (χ2v) is 7.34. The molecule has 3 heterocycles. The van der Waals surface area contributed by atoms with Crippen LogP contribution in [-0.2, 0) is 4.79 Å². The van der Waals surface area contributed by atoms with Crippen molar-refractivity contribution in [2.45, 2.75) is 52.5 Å². The Morgan fingerprint density at radius 3 is 2.45 bits per heavy atom. The van der Waals surface area contributed by atoms with Gasteiger partial charge in [0.2, 0.25) is 0 Å². The number of nitrogens with one attached hydrogen (secondary N) is 1. The van der Waals surface area contributed by atoms with E-state index in [1.54, 1.807) is 0 Å². The molecular formula is C19H29N2O+. The number of anilines is 1. The highest BCUT2D eigenvalue weighted by atomic mass is 16.2. The van der Waals surface area contributed by atoms with Gasteiger partial charge < -0.3 is 9.80 Å². The number of benzene rings is 1. The Kier molecular flexibility index (Phi) is 4.26. The minimum atomic E-state index is 0.159.